The van der Waals surface area contributed by atoms with Crippen molar-refractivity contribution in [3.8, 4) is 0 Å². The fraction of sp³-hybridized carbons (Fsp3) is 0.462. The van der Waals surface area contributed by atoms with Gasteiger partial charge in [-0.05, 0) is 35.9 Å². The Hall–Kier alpha value is -0.970. The van der Waals surface area contributed by atoms with E-state index in [1.165, 1.54) is 25.0 Å². The van der Waals surface area contributed by atoms with Crippen LogP contribution in [0.5, 0.6) is 0 Å². The summed E-state index contributed by atoms with van der Waals surface area (Å²) >= 11 is 0. The summed E-state index contributed by atoms with van der Waals surface area (Å²) in [6.07, 6.45) is -2.00. The minimum Gasteiger partial charge on any atom is -0.289 e. The third-order valence-electron chi connectivity index (χ3n) is 2.99. The minimum absolute atomic E-state index is 0.0334. The smallest absolute Gasteiger partial charge is 0.289 e. The van der Waals surface area contributed by atoms with E-state index in [0.717, 1.165) is 23.6 Å². The van der Waals surface area contributed by atoms with Crippen molar-refractivity contribution in [1.29, 1.82) is 0 Å². The Labute approximate surface area is 107 Å². The molecule has 1 aromatic rings. The minimum atomic E-state index is -4.34. The standard InChI is InChI=1S/C13H14F3OS/c14-13(15,16)11-5-3-10(4-6-11)12(17)9-18-7-1-2-8-18/h3-6H,1-2,7-9H2/q+1. The monoisotopic (exact) mass is 275 g/mol. The fourth-order valence-corrected chi connectivity index (χ4v) is 4.23. The number of carbonyl (C=O) groups is 1. The summed E-state index contributed by atoms with van der Waals surface area (Å²) in [5.41, 5.74) is -0.315. The molecule has 0 aliphatic carbocycles. The fourth-order valence-electron chi connectivity index (χ4n) is 1.97. The molecule has 2 rings (SSSR count). The third-order valence-corrected chi connectivity index (χ3v) is 5.39. The number of rotatable bonds is 3. The van der Waals surface area contributed by atoms with E-state index in [1.54, 1.807) is 0 Å². The molecule has 0 radical (unpaired) electrons. The van der Waals surface area contributed by atoms with Crippen LogP contribution < -0.4 is 0 Å². The van der Waals surface area contributed by atoms with Gasteiger partial charge in [-0.15, -0.1) is 0 Å². The van der Waals surface area contributed by atoms with E-state index in [-0.39, 0.29) is 16.7 Å². The van der Waals surface area contributed by atoms with E-state index < -0.39 is 11.7 Å². The van der Waals surface area contributed by atoms with Crippen molar-refractivity contribution in [3.63, 3.8) is 0 Å². The second-order valence-corrected chi connectivity index (χ2v) is 6.70. The summed E-state index contributed by atoms with van der Waals surface area (Å²) in [6, 6.07) is 4.52. The molecule has 1 nitrogen and oxygen atoms in total. The first-order valence-corrected chi connectivity index (χ1v) is 7.54. The molecule has 0 atom stereocenters. The highest BCUT2D eigenvalue weighted by atomic mass is 32.2. The van der Waals surface area contributed by atoms with Gasteiger partial charge in [0.05, 0.1) is 5.56 Å². The number of ketones is 1. The van der Waals surface area contributed by atoms with Crippen molar-refractivity contribution < 1.29 is 18.0 Å². The molecule has 0 spiro atoms. The molecule has 5 heteroatoms. The van der Waals surface area contributed by atoms with Gasteiger partial charge in [-0.25, -0.2) is 0 Å². The number of hydrogen-bond donors (Lipinski definition) is 0. The lowest BCUT2D eigenvalue weighted by atomic mass is 10.1. The first kappa shape index (κ1) is 13.5. The zero-order valence-electron chi connectivity index (χ0n) is 9.80. The van der Waals surface area contributed by atoms with Gasteiger partial charge in [0.15, 0.2) is 5.75 Å². The topological polar surface area (TPSA) is 17.1 Å². The van der Waals surface area contributed by atoms with Crippen LogP contribution in [-0.4, -0.2) is 23.0 Å². The second-order valence-electron chi connectivity index (χ2n) is 4.37. The van der Waals surface area contributed by atoms with Crippen LogP contribution in [0, 0.1) is 0 Å². The Morgan fingerprint density at radius 3 is 2.17 bits per heavy atom. The first-order valence-electron chi connectivity index (χ1n) is 5.81. The van der Waals surface area contributed by atoms with Crippen LogP contribution in [0.25, 0.3) is 0 Å². The third kappa shape index (κ3) is 3.28. The van der Waals surface area contributed by atoms with Crippen LogP contribution in [-0.2, 0) is 17.1 Å². The summed E-state index contributed by atoms with van der Waals surface area (Å²) < 4.78 is 37.1. The predicted octanol–water partition coefficient (Wildman–Crippen LogP) is 3.30. The second kappa shape index (κ2) is 5.34. The van der Waals surface area contributed by atoms with Crippen LogP contribution in [0.15, 0.2) is 24.3 Å². The molecule has 1 aromatic carbocycles. The van der Waals surface area contributed by atoms with Gasteiger partial charge < -0.3 is 0 Å². The summed E-state index contributed by atoms with van der Waals surface area (Å²) in [6.45, 7) is 0. The van der Waals surface area contributed by atoms with Crippen molar-refractivity contribution in [2.45, 2.75) is 19.0 Å². The molecule has 1 aliphatic rings. The average molecular weight is 275 g/mol. The maximum absolute atomic E-state index is 12.4. The molecular formula is C13H14F3OS+. The summed E-state index contributed by atoms with van der Waals surface area (Å²) in [4.78, 5) is 11.9. The van der Waals surface area contributed by atoms with Crippen LogP contribution in [0.4, 0.5) is 13.2 Å². The maximum Gasteiger partial charge on any atom is 0.416 e. The molecule has 1 aliphatic heterocycles. The van der Waals surface area contributed by atoms with Gasteiger partial charge in [0.25, 0.3) is 0 Å². The summed E-state index contributed by atoms with van der Waals surface area (Å²) in [5.74, 6) is 2.64. The predicted molar refractivity (Wildman–Crippen MR) is 67.0 cm³/mol. The van der Waals surface area contributed by atoms with Crippen molar-refractivity contribution in [2.24, 2.45) is 0 Å². The largest absolute Gasteiger partial charge is 0.416 e. The molecule has 0 amide bonds. The Balaban J connectivity index is 2.02. The average Bonchev–Trinajstić information content (AvgIpc) is 2.81. The van der Waals surface area contributed by atoms with Crippen LogP contribution in [0.2, 0.25) is 0 Å². The number of halogens is 3. The van der Waals surface area contributed by atoms with Gasteiger partial charge in [-0.2, -0.15) is 13.2 Å². The molecule has 18 heavy (non-hydrogen) atoms. The zero-order valence-corrected chi connectivity index (χ0v) is 10.6. The Morgan fingerprint density at radius 1 is 1.11 bits per heavy atom. The highest BCUT2D eigenvalue weighted by Gasteiger charge is 2.31. The molecule has 0 aromatic heterocycles. The maximum atomic E-state index is 12.4. The van der Waals surface area contributed by atoms with Gasteiger partial charge in [0.1, 0.15) is 11.5 Å². The molecule has 0 unspecified atom stereocenters. The Bertz CT molecular complexity index is 419. The lowest BCUT2D eigenvalue weighted by Gasteiger charge is -2.07. The van der Waals surface area contributed by atoms with Gasteiger partial charge in [0, 0.05) is 5.56 Å². The van der Waals surface area contributed by atoms with E-state index in [2.05, 4.69) is 0 Å². The van der Waals surface area contributed by atoms with Crippen LogP contribution in [0.1, 0.15) is 28.8 Å². The normalized spacial score (nSPS) is 17.1. The lowest BCUT2D eigenvalue weighted by Crippen LogP contribution is -2.18. The lowest BCUT2D eigenvalue weighted by molar-refractivity contribution is -0.137. The molecule has 0 N–H and O–H groups in total. The first-order chi connectivity index (χ1) is 8.47. The van der Waals surface area contributed by atoms with E-state index in [4.69, 9.17) is 0 Å². The van der Waals surface area contributed by atoms with Gasteiger partial charge in [-0.1, -0.05) is 12.1 Å². The molecule has 1 fully saturated rings. The number of Topliss-reactive ketones (excluding diaryl/α,β-unsaturated/α-hetero) is 1. The number of hydrogen-bond acceptors (Lipinski definition) is 1. The molecule has 98 valence electrons. The highest BCUT2D eigenvalue weighted by Crippen LogP contribution is 2.29. The van der Waals surface area contributed by atoms with E-state index in [0.29, 0.717) is 11.3 Å². The Morgan fingerprint density at radius 2 is 1.67 bits per heavy atom. The number of carbonyl (C=O) groups excluding carboxylic acids is 1. The number of benzene rings is 1. The zero-order chi connectivity index (χ0) is 13.2. The molecule has 0 saturated carbocycles. The van der Waals surface area contributed by atoms with E-state index in [9.17, 15) is 18.0 Å². The van der Waals surface area contributed by atoms with E-state index >= 15 is 0 Å². The van der Waals surface area contributed by atoms with Crippen molar-refractivity contribution >= 4 is 16.7 Å². The molecule has 1 saturated heterocycles. The Kier molecular flexibility index (Phi) is 4.00. The quantitative estimate of drug-likeness (QED) is 0.611. The summed E-state index contributed by atoms with van der Waals surface area (Å²) in [7, 11) is 0.148. The molecular weight excluding hydrogens is 261 g/mol. The van der Waals surface area contributed by atoms with Crippen LogP contribution >= 0.6 is 0 Å². The van der Waals surface area contributed by atoms with E-state index in [1.807, 2.05) is 0 Å². The van der Waals surface area contributed by atoms with Crippen molar-refractivity contribution in [2.75, 3.05) is 17.3 Å². The molecule has 0 bridgehead atoms. The van der Waals surface area contributed by atoms with Gasteiger partial charge >= 0.3 is 6.18 Å². The van der Waals surface area contributed by atoms with Gasteiger partial charge in [0.2, 0.25) is 5.78 Å². The van der Waals surface area contributed by atoms with Crippen molar-refractivity contribution in [3.05, 3.63) is 35.4 Å². The summed E-state index contributed by atoms with van der Waals surface area (Å²) in [5, 5.41) is 0. The highest BCUT2D eigenvalue weighted by molar-refractivity contribution is 7.97. The van der Waals surface area contributed by atoms with Crippen LogP contribution in [0.3, 0.4) is 0 Å². The van der Waals surface area contributed by atoms with Gasteiger partial charge in [-0.3, -0.25) is 4.79 Å². The SMILES string of the molecule is O=C(C[S+]1CCCC1)c1ccc(C(F)(F)F)cc1. The molecule has 1 heterocycles. The number of alkyl halides is 3. The van der Waals surface area contributed by atoms with Crippen molar-refractivity contribution in [1.82, 2.24) is 0 Å².